The Morgan fingerprint density at radius 3 is 2.44 bits per heavy atom. The monoisotopic (exact) mass is 254 g/mol. The minimum absolute atomic E-state index is 0.991. The van der Waals surface area contributed by atoms with Crippen LogP contribution in [0.1, 0.15) is 5.56 Å². The lowest BCUT2D eigenvalue weighted by Gasteiger charge is -2.06. The highest BCUT2D eigenvalue weighted by Crippen LogP contribution is 2.44. The van der Waals surface area contributed by atoms with Gasteiger partial charge >= 0.3 is 0 Å². The molecule has 0 unspecified atom stereocenters. The molecule has 18 heavy (non-hydrogen) atoms. The summed E-state index contributed by atoms with van der Waals surface area (Å²) in [6.45, 7) is 2.14. The molecule has 2 heteroatoms. The lowest BCUT2D eigenvalue weighted by Crippen LogP contribution is -1.85. The molecule has 0 N–H and O–H groups in total. The third-order valence-electron chi connectivity index (χ3n) is 3.14. The van der Waals surface area contributed by atoms with E-state index in [0.29, 0.717) is 0 Å². The van der Waals surface area contributed by atoms with Crippen LogP contribution in [-0.4, -0.2) is 7.11 Å². The molecular formula is C16H14OS. The molecule has 1 nitrogen and oxygen atoms in total. The molecule has 0 fully saturated rings. The van der Waals surface area contributed by atoms with Gasteiger partial charge in [0.2, 0.25) is 0 Å². The fraction of sp³-hybridized carbons (Fsp3) is 0.125. The Labute approximate surface area is 111 Å². The summed E-state index contributed by atoms with van der Waals surface area (Å²) in [6, 6.07) is 16.8. The van der Waals surface area contributed by atoms with E-state index in [1.54, 1.807) is 18.4 Å². The van der Waals surface area contributed by atoms with Gasteiger partial charge in [-0.1, -0.05) is 36.4 Å². The zero-order valence-electron chi connectivity index (χ0n) is 10.4. The van der Waals surface area contributed by atoms with Gasteiger partial charge < -0.3 is 4.74 Å². The predicted octanol–water partition coefficient (Wildman–Crippen LogP) is 4.89. The third kappa shape index (κ3) is 1.70. The van der Waals surface area contributed by atoms with Gasteiger partial charge in [-0.05, 0) is 30.2 Å². The minimum atomic E-state index is 0.991. The zero-order chi connectivity index (χ0) is 12.5. The van der Waals surface area contributed by atoms with E-state index in [2.05, 4.69) is 55.5 Å². The number of hydrogen-bond acceptors (Lipinski definition) is 2. The smallest absolute Gasteiger partial charge is 0.145 e. The standard InChI is InChI=1S/C16H14OS/c1-11-7-3-4-8-12(11)16-15(17-2)13-9-5-6-10-14(13)18-16/h3-10H,1-2H3. The summed E-state index contributed by atoms with van der Waals surface area (Å²) >= 11 is 1.79. The number of fused-ring (bicyclic) bond motifs is 1. The Bertz CT molecular complexity index is 697. The molecule has 0 spiro atoms. The van der Waals surface area contributed by atoms with Crippen molar-refractivity contribution in [3.05, 3.63) is 54.1 Å². The van der Waals surface area contributed by atoms with Crippen LogP contribution in [0.2, 0.25) is 0 Å². The third-order valence-corrected chi connectivity index (χ3v) is 4.33. The molecule has 3 aromatic rings. The summed E-state index contributed by atoms with van der Waals surface area (Å²) in [5.74, 6) is 0.991. The summed E-state index contributed by atoms with van der Waals surface area (Å²) in [6.07, 6.45) is 0. The van der Waals surface area contributed by atoms with Crippen LogP contribution in [0.25, 0.3) is 20.5 Å². The van der Waals surface area contributed by atoms with Crippen LogP contribution in [0.15, 0.2) is 48.5 Å². The second kappa shape index (κ2) is 4.46. The largest absolute Gasteiger partial charge is 0.495 e. The molecule has 3 rings (SSSR count). The quantitative estimate of drug-likeness (QED) is 0.633. The Morgan fingerprint density at radius 2 is 1.67 bits per heavy atom. The molecule has 2 aromatic carbocycles. The van der Waals surface area contributed by atoms with Gasteiger partial charge in [0.15, 0.2) is 0 Å². The molecule has 1 aromatic heterocycles. The van der Waals surface area contributed by atoms with E-state index in [4.69, 9.17) is 4.74 Å². The van der Waals surface area contributed by atoms with Crippen LogP contribution in [0, 0.1) is 6.92 Å². The van der Waals surface area contributed by atoms with Gasteiger partial charge in [0.05, 0.1) is 12.0 Å². The van der Waals surface area contributed by atoms with Gasteiger partial charge in [-0.3, -0.25) is 0 Å². The Balaban J connectivity index is 2.32. The van der Waals surface area contributed by atoms with Gasteiger partial charge in [0.1, 0.15) is 5.75 Å². The molecule has 0 atom stereocenters. The highest BCUT2D eigenvalue weighted by molar-refractivity contribution is 7.22. The summed E-state index contributed by atoms with van der Waals surface area (Å²) in [5.41, 5.74) is 2.54. The first-order chi connectivity index (χ1) is 8.81. The molecule has 0 saturated carbocycles. The van der Waals surface area contributed by atoms with Crippen LogP contribution < -0.4 is 4.74 Å². The number of methoxy groups -OCH3 is 1. The Kier molecular flexibility index (Phi) is 2.80. The maximum absolute atomic E-state index is 5.62. The maximum atomic E-state index is 5.62. The Hall–Kier alpha value is -1.80. The van der Waals surface area contributed by atoms with E-state index in [0.717, 1.165) is 5.75 Å². The highest BCUT2D eigenvalue weighted by Gasteiger charge is 2.15. The molecule has 0 radical (unpaired) electrons. The molecule has 1 heterocycles. The van der Waals surface area contributed by atoms with Crippen molar-refractivity contribution in [3.8, 4) is 16.2 Å². The van der Waals surface area contributed by atoms with Crippen molar-refractivity contribution >= 4 is 21.4 Å². The van der Waals surface area contributed by atoms with Crippen molar-refractivity contribution in [1.29, 1.82) is 0 Å². The second-order valence-electron chi connectivity index (χ2n) is 4.28. The lowest BCUT2D eigenvalue weighted by molar-refractivity contribution is 0.423. The number of hydrogen-bond donors (Lipinski definition) is 0. The van der Waals surface area contributed by atoms with Gasteiger partial charge in [-0.2, -0.15) is 0 Å². The molecule has 0 bridgehead atoms. The molecule has 0 aliphatic heterocycles. The molecular weight excluding hydrogens is 240 g/mol. The van der Waals surface area contributed by atoms with Crippen LogP contribution in [0.5, 0.6) is 5.75 Å². The summed E-state index contributed by atoms with van der Waals surface area (Å²) in [7, 11) is 1.75. The normalized spacial score (nSPS) is 10.8. The predicted molar refractivity (Wildman–Crippen MR) is 78.6 cm³/mol. The molecule has 0 aliphatic carbocycles. The number of benzene rings is 2. The second-order valence-corrected chi connectivity index (χ2v) is 5.33. The number of thiophene rings is 1. The van der Waals surface area contributed by atoms with E-state index in [9.17, 15) is 0 Å². The molecule has 0 aliphatic rings. The van der Waals surface area contributed by atoms with E-state index >= 15 is 0 Å². The summed E-state index contributed by atoms with van der Waals surface area (Å²) < 4.78 is 6.89. The number of ether oxygens (including phenoxy) is 1. The molecule has 0 amide bonds. The summed E-state index contributed by atoms with van der Waals surface area (Å²) in [5, 5.41) is 1.20. The molecule has 0 saturated heterocycles. The van der Waals surface area contributed by atoms with Crippen LogP contribution in [0.3, 0.4) is 0 Å². The van der Waals surface area contributed by atoms with Crippen LogP contribution >= 0.6 is 11.3 Å². The van der Waals surface area contributed by atoms with Crippen LogP contribution in [-0.2, 0) is 0 Å². The van der Waals surface area contributed by atoms with Crippen LogP contribution in [0.4, 0.5) is 0 Å². The van der Waals surface area contributed by atoms with Crippen molar-refractivity contribution in [2.75, 3.05) is 7.11 Å². The molecule has 90 valence electrons. The maximum Gasteiger partial charge on any atom is 0.145 e. The summed E-state index contributed by atoms with van der Waals surface area (Å²) in [4.78, 5) is 1.22. The van der Waals surface area contributed by atoms with E-state index in [-0.39, 0.29) is 0 Å². The minimum Gasteiger partial charge on any atom is -0.495 e. The average Bonchev–Trinajstić information content (AvgIpc) is 2.77. The fourth-order valence-corrected chi connectivity index (χ4v) is 3.49. The van der Waals surface area contributed by atoms with Gasteiger partial charge in [-0.15, -0.1) is 11.3 Å². The van der Waals surface area contributed by atoms with Crippen molar-refractivity contribution < 1.29 is 4.74 Å². The lowest BCUT2D eigenvalue weighted by atomic mass is 10.1. The topological polar surface area (TPSA) is 9.23 Å². The van der Waals surface area contributed by atoms with Crippen molar-refractivity contribution in [2.24, 2.45) is 0 Å². The van der Waals surface area contributed by atoms with Gasteiger partial charge in [0.25, 0.3) is 0 Å². The van der Waals surface area contributed by atoms with Gasteiger partial charge in [0, 0.05) is 10.1 Å². The van der Waals surface area contributed by atoms with E-state index in [1.165, 1.54) is 26.1 Å². The van der Waals surface area contributed by atoms with Crippen molar-refractivity contribution in [3.63, 3.8) is 0 Å². The number of rotatable bonds is 2. The zero-order valence-corrected chi connectivity index (χ0v) is 11.3. The van der Waals surface area contributed by atoms with Crippen molar-refractivity contribution in [2.45, 2.75) is 6.92 Å². The van der Waals surface area contributed by atoms with E-state index < -0.39 is 0 Å². The van der Waals surface area contributed by atoms with Gasteiger partial charge in [-0.25, -0.2) is 0 Å². The first-order valence-electron chi connectivity index (χ1n) is 5.93. The Morgan fingerprint density at radius 1 is 0.944 bits per heavy atom. The highest BCUT2D eigenvalue weighted by atomic mass is 32.1. The fourth-order valence-electron chi connectivity index (χ4n) is 2.23. The average molecular weight is 254 g/mol. The first-order valence-corrected chi connectivity index (χ1v) is 6.74. The first kappa shape index (κ1) is 11.3. The SMILES string of the molecule is COc1c(-c2ccccc2C)sc2ccccc12. The number of aryl methyl sites for hydroxylation is 1. The van der Waals surface area contributed by atoms with Crippen molar-refractivity contribution in [1.82, 2.24) is 0 Å². The van der Waals surface area contributed by atoms with E-state index in [1.807, 2.05) is 0 Å².